The fourth-order valence-corrected chi connectivity index (χ4v) is 0.802. The second kappa shape index (κ2) is 6.92. The van der Waals surface area contributed by atoms with E-state index in [1.165, 1.54) is 0 Å². The molecule has 14 heavy (non-hydrogen) atoms. The van der Waals surface area contributed by atoms with E-state index >= 15 is 0 Å². The van der Waals surface area contributed by atoms with Crippen molar-refractivity contribution in [2.45, 2.75) is 25.3 Å². The van der Waals surface area contributed by atoms with E-state index in [2.05, 4.69) is 11.2 Å². The Balaban J connectivity index is 3.54. The first-order valence-electron chi connectivity index (χ1n) is 4.26. The van der Waals surface area contributed by atoms with Crippen molar-refractivity contribution < 1.29 is 14.7 Å². The SMILES string of the molecule is C#CCC(N)C(=O)NCCCC(=O)O. The lowest BCUT2D eigenvalue weighted by Crippen LogP contribution is -2.40. The Bertz CT molecular complexity index is 245. The predicted molar refractivity (Wildman–Crippen MR) is 51.3 cm³/mol. The van der Waals surface area contributed by atoms with E-state index in [0.29, 0.717) is 13.0 Å². The van der Waals surface area contributed by atoms with Gasteiger partial charge in [0.05, 0.1) is 6.04 Å². The predicted octanol–water partition coefficient (Wildman–Crippen LogP) is -0.682. The Kier molecular flexibility index (Phi) is 6.16. The van der Waals surface area contributed by atoms with E-state index in [4.69, 9.17) is 17.3 Å². The molecule has 0 rings (SSSR count). The molecule has 5 nitrogen and oxygen atoms in total. The van der Waals surface area contributed by atoms with Gasteiger partial charge in [-0.1, -0.05) is 0 Å². The van der Waals surface area contributed by atoms with Crippen LogP contribution in [0.15, 0.2) is 0 Å². The Morgan fingerprint density at radius 2 is 2.21 bits per heavy atom. The van der Waals surface area contributed by atoms with Crippen LogP contribution in [0.2, 0.25) is 0 Å². The number of nitrogens with two attached hydrogens (primary N) is 1. The van der Waals surface area contributed by atoms with Crippen LogP contribution < -0.4 is 11.1 Å². The number of carbonyl (C=O) groups excluding carboxylic acids is 1. The molecule has 0 aliphatic carbocycles. The number of terminal acetylenes is 1. The fraction of sp³-hybridized carbons (Fsp3) is 0.556. The van der Waals surface area contributed by atoms with Crippen LogP contribution in [0.5, 0.6) is 0 Å². The summed E-state index contributed by atoms with van der Waals surface area (Å²) in [5, 5.41) is 10.8. The molecule has 1 amide bonds. The van der Waals surface area contributed by atoms with Gasteiger partial charge in [0.1, 0.15) is 0 Å². The topological polar surface area (TPSA) is 92.4 Å². The minimum Gasteiger partial charge on any atom is -0.481 e. The van der Waals surface area contributed by atoms with Crippen molar-refractivity contribution in [3.63, 3.8) is 0 Å². The summed E-state index contributed by atoms with van der Waals surface area (Å²) >= 11 is 0. The number of hydrogen-bond acceptors (Lipinski definition) is 3. The summed E-state index contributed by atoms with van der Waals surface area (Å²) in [5.74, 6) is 1.06. The molecule has 5 heteroatoms. The first-order valence-corrected chi connectivity index (χ1v) is 4.26. The van der Waals surface area contributed by atoms with Crippen LogP contribution in [0.25, 0.3) is 0 Å². The van der Waals surface area contributed by atoms with E-state index in [0.717, 1.165) is 0 Å². The second-order valence-electron chi connectivity index (χ2n) is 2.80. The van der Waals surface area contributed by atoms with Gasteiger partial charge < -0.3 is 16.2 Å². The van der Waals surface area contributed by atoms with Crippen LogP contribution in [-0.4, -0.2) is 29.6 Å². The highest BCUT2D eigenvalue weighted by atomic mass is 16.4. The van der Waals surface area contributed by atoms with Crippen LogP contribution in [0.4, 0.5) is 0 Å². The zero-order chi connectivity index (χ0) is 11.0. The van der Waals surface area contributed by atoms with Crippen LogP contribution in [0.3, 0.4) is 0 Å². The van der Waals surface area contributed by atoms with Gasteiger partial charge in [0.15, 0.2) is 0 Å². The second-order valence-corrected chi connectivity index (χ2v) is 2.80. The van der Waals surface area contributed by atoms with Crippen molar-refractivity contribution in [1.29, 1.82) is 0 Å². The molecule has 0 aromatic rings. The largest absolute Gasteiger partial charge is 0.481 e. The Labute approximate surface area is 82.7 Å². The third kappa shape index (κ3) is 6.03. The molecule has 0 spiro atoms. The van der Waals surface area contributed by atoms with Gasteiger partial charge in [0.25, 0.3) is 0 Å². The van der Waals surface area contributed by atoms with Gasteiger partial charge in [0, 0.05) is 19.4 Å². The lowest BCUT2D eigenvalue weighted by molar-refractivity contribution is -0.137. The average Bonchev–Trinajstić information content (AvgIpc) is 2.12. The molecule has 4 N–H and O–H groups in total. The number of amides is 1. The number of carboxylic acids is 1. The Hall–Kier alpha value is -1.54. The summed E-state index contributed by atoms with van der Waals surface area (Å²) in [6, 6.07) is -0.704. The van der Waals surface area contributed by atoms with Crippen molar-refractivity contribution in [3.8, 4) is 12.3 Å². The molecule has 0 heterocycles. The smallest absolute Gasteiger partial charge is 0.303 e. The first kappa shape index (κ1) is 12.5. The lowest BCUT2D eigenvalue weighted by Gasteiger charge is -2.08. The quantitative estimate of drug-likeness (QED) is 0.389. The van der Waals surface area contributed by atoms with Gasteiger partial charge in [-0.05, 0) is 6.42 Å². The maximum Gasteiger partial charge on any atom is 0.303 e. The molecular weight excluding hydrogens is 184 g/mol. The third-order valence-electron chi connectivity index (χ3n) is 1.54. The van der Waals surface area contributed by atoms with Crippen LogP contribution in [0.1, 0.15) is 19.3 Å². The first-order chi connectivity index (χ1) is 6.57. The monoisotopic (exact) mass is 198 g/mol. The van der Waals surface area contributed by atoms with E-state index in [9.17, 15) is 9.59 Å². The zero-order valence-corrected chi connectivity index (χ0v) is 7.82. The minimum atomic E-state index is -0.882. The van der Waals surface area contributed by atoms with Crippen molar-refractivity contribution >= 4 is 11.9 Å². The summed E-state index contributed by atoms with van der Waals surface area (Å²) in [6.07, 6.45) is 5.58. The Morgan fingerprint density at radius 3 is 2.71 bits per heavy atom. The molecule has 1 unspecified atom stereocenters. The van der Waals surface area contributed by atoms with Crippen LogP contribution in [-0.2, 0) is 9.59 Å². The highest BCUT2D eigenvalue weighted by molar-refractivity contribution is 5.81. The van der Waals surface area contributed by atoms with Gasteiger partial charge in [0.2, 0.25) is 5.91 Å². The molecule has 0 saturated heterocycles. The number of carbonyl (C=O) groups is 2. The summed E-state index contributed by atoms with van der Waals surface area (Å²) < 4.78 is 0. The van der Waals surface area contributed by atoms with Gasteiger partial charge in [-0.25, -0.2) is 0 Å². The molecule has 78 valence electrons. The van der Waals surface area contributed by atoms with Gasteiger partial charge in [-0.15, -0.1) is 12.3 Å². The molecular formula is C9H14N2O3. The van der Waals surface area contributed by atoms with Crippen LogP contribution >= 0.6 is 0 Å². The molecule has 0 aliphatic rings. The lowest BCUT2D eigenvalue weighted by atomic mass is 10.2. The average molecular weight is 198 g/mol. The highest BCUT2D eigenvalue weighted by Gasteiger charge is 2.10. The van der Waals surface area contributed by atoms with Gasteiger partial charge in [-0.3, -0.25) is 9.59 Å². The number of nitrogens with one attached hydrogen (secondary N) is 1. The number of rotatable bonds is 6. The van der Waals surface area contributed by atoms with Crippen molar-refractivity contribution in [1.82, 2.24) is 5.32 Å². The zero-order valence-electron chi connectivity index (χ0n) is 7.82. The van der Waals surface area contributed by atoms with Crippen LogP contribution in [0, 0.1) is 12.3 Å². The molecule has 0 fully saturated rings. The normalized spacial score (nSPS) is 11.4. The maximum atomic E-state index is 11.1. The van der Waals surface area contributed by atoms with Crippen molar-refractivity contribution in [3.05, 3.63) is 0 Å². The Morgan fingerprint density at radius 1 is 1.57 bits per heavy atom. The number of carboxylic acid groups (broad SMARTS) is 1. The highest BCUT2D eigenvalue weighted by Crippen LogP contribution is 1.89. The van der Waals surface area contributed by atoms with E-state index in [1.54, 1.807) is 0 Å². The van der Waals surface area contributed by atoms with Crippen molar-refractivity contribution in [2.75, 3.05) is 6.54 Å². The minimum absolute atomic E-state index is 0.0324. The molecule has 0 bridgehead atoms. The maximum absolute atomic E-state index is 11.1. The number of hydrogen-bond donors (Lipinski definition) is 3. The summed E-state index contributed by atoms with van der Waals surface area (Å²) in [6.45, 7) is 0.309. The molecule has 0 aromatic heterocycles. The molecule has 0 saturated carbocycles. The molecule has 0 aromatic carbocycles. The van der Waals surface area contributed by atoms with Gasteiger partial charge >= 0.3 is 5.97 Å². The molecule has 0 radical (unpaired) electrons. The van der Waals surface area contributed by atoms with E-state index in [1.807, 2.05) is 0 Å². The summed E-state index contributed by atoms with van der Waals surface area (Å²) in [7, 11) is 0. The summed E-state index contributed by atoms with van der Waals surface area (Å²) in [4.78, 5) is 21.2. The third-order valence-corrected chi connectivity index (χ3v) is 1.54. The summed E-state index contributed by atoms with van der Waals surface area (Å²) in [5.41, 5.74) is 5.40. The van der Waals surface area contributed by atoms with Crippen molar-refractivity contribution in [2.24, 2.45) is 5.73 Å². The molecule has 1 atom stereocenters. The fourth-order valence-electron chi connectivity index (χ4n) is 0.802. The number of aliphatic carboxylic acids is 1. The van der Waals surface area contributed by atoms with E-state index in [-0.39, 0.29) is 18.7 Å². The molecule has 0 aliphatic heterocycles. The van der Waals surface area contributed by atoms with E-state index < -0.39 is 12.0 Å². The standard InChI is InChI=1S/C9H14N2O3/c1-2-4-7(10)9(14)11-6-3-5-8(12)13/h1,7H,3-6,10H2,(H,11,14)(H,12,13). The van der Waals surface area contributed by atoms with Gasteiger partial charge in [-0.2, -0.15) is 0 Å².